The zero-order chi connectivity index (χ0) is 19.6. The molecular formula is C18H14ClF3N4O. The van der Waals surface area contributed by atoms with Crippen LogP contribution >= 0.6 is 11.6 Å². The van der Waals surface area contributed by atoms with Crippen molar-refractivity contribution in [3.8, 4) is 5.69 Å². The number of aromatic nitrogens is 3. The Hall–Kier alpha value is -2.87. The van der Waals surface area contributed by atoms with Crippen molar-refractivity contribution in [2.24, 2.45) is 0 Å². The zero-order valence-electron chi connectivity index (χ0n) is 14.1. The van der Waals surface area contributed by atoms with Gasteiger partial charge in [0.2, 0.25) is 0 Å². The van der Waals surface area contributed by atoms with Gasteiger partial charge in [0.15, 0.2) is 0 Å². The fraction of sp³-hybridized carbons (Fsp3) is 0.167. The highest BCUT2D eigenvalue weighted by atomic mass is 35.5. The quantitative estimate of drug-likeness (QED) is 0.672. The summed E-state index contributed by atoms with van der Waals surface area (Å²) in [5.41, 5.74) is -0.320. The minimum Gasteiger partial charge on any atom is -0.368 e. The Morgan fingerprint density at radius 2 is 1.96 bits per heavy atom. The maximum atomic E-state index is 12.9. The minimum atomic E-state index is -4.52. The van der Waals surface area contributed by atoms with Gasteiger partial charge in [0.25, 0.3) is 5.56 Å². The van der Waals surface area contributed by atoms with Crippen LogP contribution in [0.1, 0.15) is 11.1 Å². The molecule has 0 unspecified atom stereocenters. The van der Waals surface area contributed by atoms with Crippen LogP contribution in [0.5, 0.6) is 0 Å². The predicted octanol–water partition coefficient (Wildman–Crippen LogP) is 3.94. The van der Waals surface area contributed by atoms with Crippen molar-refractivity contribution in [2.75, 3.05) is 11.9 Å². The first-order valence-corrected chi connectivity index (χ1v) is 8.20. The van der Waals surface area contributed by atoms with E-state index >= 15 is 0 Å². The molecule has 0 atom stereocenters. The van der Waals surface area contributed by atoms with Gasteiger partial charge in [-0.1, -0.05) is 23.7 Å². The Kier molecular flexibility index (Phi) is 5.18. The van der Waals surface area contributed by atoms with Gasteiger partial charge in [-0.2, -0.15) is 23.0 Å². The topological polar surface area (TPSA) is 51.0 Å². The van der Waals surface area contributed by atoms with E-state index in [0.29, 0.717) is 12.2 Å². The van der Waals surface area contributed by atoms with Gasteiger partial charge in [0.1, 0.15) is 5.02 Å². The van der Waals surface area contributed by atoms with Gasteiger partial charge in [-0.25, -0.2) is 0 Å². The molecule has 0 aliphatic carbocycles. The number of benzene rings is 1. The third-order valence-corrected chi connectivity index (χ3v) is 4.23. The number of anilines is 1. The number of alkyl halides is 3. The number of nitrogens with zero attached hydrogens (tertiary/aromatic N) is 4. The highest BCUT2D eigenvalue weighted by molar-refractivity contribution is 6.33. The summed E-state index contributed by atoms with van der Waals surface area (Å²) < 4.78 is 39.5. The van der Waals surface area contributed by atoms with Crippen LogP contribution in [0.25, 0.3) is 5.69 Å². The van der Waals surface area contributed by atoms with Gasteiger partial charge in [-0.15, -0.1) is 0 Å². The molecule has 140 valence electrons. The van der Waals surface area contributed by atoms with Crippen molar-refractivity contribution in [3.05, 3.63) is 81.5 Å². The smallest absolute Gasteiger partial charge is 0.368 e. The maximum Gasteiger partial charge on any atom is 0.416 e. The van der Waals surface area contributed by atoms with Gasteiger partial charge in [-0.05, 0) is 29.8 Å². The van der Waals surface area contributed by atoms with Crippen molar-refractivity contribution >= 4 is 17.3 Å². The second-order valence-corrected chi connectivity index (χ2v) is 6.20. The Morgan fingerprint density at radius 3 is 2.63 bits per heavy atom. The average Bonchev–Trinajstić information content (AvgIpc) is 2.64. The van der Waals surface area contributed by atoms with Gasteiger partial charge in [0, 0.05) is 26.0 Å². The van der Waals surface area contributed by atoms with Crippen LogP contribution in [0.15, 0.2) is 59.8 Å². The van der Waals surface area contributed by atoms with Crippen LogP contribution < -0.4 is 10.5 Å². The minimum absolute atomic E-state index is 0.0156. The van der Waals surface area contributed by atoms with Gasteiger partial charge in [0.05, 0.1) is 23.1 Å². The molecule has 1 aromatic carbocycles. The SMILES string of the molecule is CN(Cc1cccnc1)c1cnn(-c2cccc(C(F)(F)F)c2)c(=O)c1Cl. The van der Waals surface area contributed by atoms with Crippen molar-refractivity contribution in [2.45, 2.75) is 12.7 Å². The van der Waals surface area contributed by atoms with Crippen LogP contribution in [0, 0.1) is 0 Å². The second-order valence-electron chi connectivity index (χ2n) is 5.83. The highest BCUT2D eigenvalue weighted by Gasteiger charge is 2.30. The van der Waals surface area contributed by atoms with E-state index in [1.165, 1.54) is 18.3 Å². The molecule has 0 spiro atoms. The number of hydrogen-bond acceptors (Lipinski definition) is 4. The molecule has 3 aromatic rings. The average molecular weight is 395 g/mol. The molecule has 0 amide bonds. The third kappa shape index (κ3) is 4.11. The normalized spacial score (nSPS) is 11.4. The van der Waals surface area contributed by atoms with Gasteiger partial charge in [-0.3, -0.25) is 9.78 Å². The molecule has 0 saturated heterocycles. The molecule has 0 bridgehead atoms. The molecule has 0 aliphatic rings. The molecule has 5 nitrogen and oxygen atoms in total. The molecule has 9 heteroatoms. The molecule has 0 radical (unpaired) electrons. The molecule has 0 fully saturated rings. The standard InChI is InChI=1S/C18H14ClF3N4O/c1-25(11-12-4-3-7-23-9-12)15-10-24-26(17(27)16(15)19)14-6-2-5-13(8-14)18(20,21)22/h2-10H,11H2,1H3. The van der Waals surface area contributed by atoms with Crippen molar-refractivity contribution in [1.82, 2.24) is 14.8 Å². The monoisotopic (exact) mass is 394 g/mol. The van der Waals surface area contributed by atoms with Crippen LogP contribution in [0.4, 0.5) is 18.9 Å². The number of hydrogen-bond donors (Lipinski definition) is 0. The van der Waals surface area contributed by atoms with Crippen LogP contribution in [-0.2, 0) is 12.7 Å². The fourth-order valence-corrected chi connectivity index (χ4v) is 2.81. The predicted molar refractivity (Wildman–Crippen MR) is 96.2 cm³/mol. The van der Waals surface area contributed by atoms with Crippen molar-refractivity contribution in [1.29, 1.82) is 0 Å². The van der Waals surface area contributed by atoms with E-state index in [1.807, 2.05) is 6.07 Å². The molecule has 0 N–H and O–H groups in total. The Morgan fingerprint density at radius 1 is 1.19 bits per heavy atom. The summed E-state index contributed by atoms with van der Waals surface area (Å²) in [5, 5.41) is 3.86. The summed E-state index contributed by atoms with van der Waals surface area (Å²) in [6, 6.07) is 8.00. The van der Waals surface area contributed by atoms with E-state index in [1.54, 1.807) is 30.4 Å². The van der Waals surface area contributed by atoms with Crippen LogP contribution in [0.2, 0.25) is 5.02 Å². The summed E-state index contributed by atoms with van der Waals surface area (Å²) >= 11 is 6.19. The van der Waals surface area contributed by atoms with E-state index in [2.05, 4.69) is 10.1 Å². The Balaban J connectivity index is 1.95. The molecular weight excluding hydrogens is 381 g/mol. The number of rotatable bonds is 4. The van der Waals surface area contributed by atoms with Gasteiger partial charge >= 0.3 is 6.18 Å². The lowest BCUT2D eigenvalue weighted by molar-refractivity contribution is -0.137. The van der Waals surface area contributed by atoms with E-state index in [4.69, 9.17) is 11.6 Å². The lowest BCUT2D eigenvalue weighted by Gasteiger charge is -2.20. The molecule has 0 aliphatic heterocycles. The van der Waals surface area contributed by atoms with E-state index < -0.39 is 17.3 Å². The molecule has 3 rings (SSSR count). The van der Waals surface area contributed by atoms with Crippen LogP contribution in [-0.4, -0.2) is 21.8 Å². The summed E-state index contributed by atoms with van der Waals surface area (Å²) in [4.78, 5) is 18.3. The lowest BCUT2D eigenvalue weighted by Crippen LogP contribution is -2.26. The zero-order valence-corrected chi connectivity index (χ0v) is 14.9. The van der Waals surface area contributed by atoms with Crippen LogP contribution in [0.3, 0.4) is 0 Å². The summed E-state index contributed by atoms with van der Waals surface area (Å²) in [5.74, 6) is 0. The third-order valence-electron chi connectivity index (χ3n) is 3.87. The second kappa shape index (κ2) is 7.40. The molecule has 27 heavy (non-hydrogen) atoms. The Labute approximate surface area is 157 Å². The van der Waals surface area contributed by atoms with Gasteiger partial charge < -0.3 is 4.90 Å². The number of pyridine rings is 1. The maximum absolute atomic E-state index is 12.9. The Bertz CT molecular complexity index is 1010. The van der Waals surface area contributed by atoms with E-state index in [0.717, 1.165) is 22.4 Å². The van der Waals surface area contributed by atoms with E-state index in [-0.39, 0.29) is 10.7 Å². The fourth-order valence-electron chi connectivity index (χ4n) is 2.54. The first-order chi connectivity index (χ1) is 12.8. The lowest BCUT2D eigenvalue weighted by atomic mass is 10.2. The highest BCUT2D eigenvalue weighted by Crippen LogP contribution is 2.30. The first kappa shape index (κ1) is 18.9. The first-order valence-electron chi connectivity index (χ1n) is 7.83. The summed E-state index contributed by atoms with van der Waals surface area (Å²) in [7, 11) is 1.73. The van der Waals surface area contributed by atoms with Crippen molar-refractivity contribution in [3.63, 3.8) is 0 Å². The summed E-state index contributed by atoms with van der Waals surface area (Å²) in [6.45, 7) is 0.433. The summed E-state index contributed by atoms with van der Waals surface area (Å²) in [6.07, 6.45) is 0.156. The van der Waals surface area contributed by atoms with Crippen molar-refractivity contribution < 1.29 is 13.2 Å². The molecule has 2 heterocycles. The molecule has 0 saturated carbocycles. The number of halogens is 4. The largest absolute Gasteiger partial charge is 0.416 e. The molecule has 2 aromatic heterocycles. The van der Waals surface area contributed by atoms with E-state index in [9.17, 15) is 18.0 Å².